The lowest BCUT2D eigenvalue weighted by molar-refractivity contribution is 0.415. The maximum atomic E-state index is 5.45. The molecule has 0 N–H and O–H groups in total. The van der Waals surface area contributed by atoms with Crippen molar-refractivity contribution < 1.29 is 4.74 Å². The van der Waals surface area contributed by atoms with Crippen LogP contribution in [-0.2, 0) is 0 Å². The Kier molecular flexibility index (Phi) is 4.06. The largest absolute Gasteiger partial charge is 0.497 e. The van der Waals surface area contributed by atoms with Crippen LogP contribution in [0.5, 0.6) is 5.75 Å². The van der Waals surface area contributed by atoms with E-state index < -0.39 is 0 Å². The average molecular weight is 360 g/mol. The van der Waals surface area contributed by atoms with E-state index in [4.69, 9.17) is 4.74 Å². The van der Waals surface area contributed by atoms with E-state index in [1.54, 1.807) is 7.11 Å². The quantitative estimate of drug-likeness (QED) is 0.327. The Balaban J connectivity index is 1.79. The Morgan fingerprint density at radius 3 is 1.89 bits per heavy atom. The standard InChI is InChI=1S/C27H20O/c1-28-24-12-4-11-22(18-24)25-13-5-9-20-10-6-14-26(27(20)25)23-16-15-19-7-2-3-8-21(19)17-23/h2-18H,1H3. The Bertz CT molecular complexity index is 1290. The van der Waals surface area contributed by atoms with Crippen LogP contribution in [0.25, 0.3) is 43.8 Å². The van der Waals surface area contributed by atoms with Gasteiger partial charge in [0.2, 0.25) is 0 Å². The molecule has 0 fully saturated rings. The molecule has 0 saturated heterocycles. The highest BCUT2D eigenvalue weighted by Crippen LogP contribution is 2.38. The van der Waals surface area contributed by atoms with Crippen LogP contribution in [0, 0.1) is 0 Å². The van der Waals surface area contributed by atoms with E-state index in [0.717, 1.165) is 11.3 Å². The fraction of sp³-hybridized carbons (Fsp3) is 0.0370. The first-order valence-corrected chi connectivity index (χ1v) is 9.49. The van der Waals surface area contributed by atoms with Gasteiger partial charge in [0.1, 0.15) is 5.75 Å². The van der Waals surface area contributed by atoms with E-state index in [1.807, 2.05) is 12.1 Å². The molecular formula is C27H20O. The van der Waals surface area contributed by atoms with Gasteiger partial charge >= 0.3 is 0 Å². The van der Waals surface area contributed by atoms with Gasteiger partial charge in [-0.25, -0.2) is 0 Å². The Hall–Kier alpha value is -3.58. The van der Waals surface area contributed by atoms with Gasteiger partial charge in [-0.2, -0.15) is 0 Å². The van der Waals surface area contributed by atoms with Crippen molar-refractivity contribution in [1.82, 2.24) is 0 Å². The third-order valence-corrected chi connectivity index (χ3v) is 5.35. The lowest BCUT2D eigenvalue weighted by Gasteiger charge is -2.14. The molecule has 0 aliphatic heterocycles. The van der Waals surface area contributed by atoms with Gasteiger partial charge in [-0.05, 0) is 62.0 Å². The summed E-state index contributed by atoms with van der Waals surface area (Å²) in [6.45, 7) is 0. The maximum Gasteiger partial charge on any atom is 0.119 e. The highest BCUT2D eigenvalue weighted by molar-refractivity contribution is 6.07. The van der Waals surface area contributed by atoms with Crippen LogP contribution in [0.2, 0.25) is 0 Å². The van der Waals surface area contributed by atoms with Crippen LogP contribution in [-0.4, -0.2) is 7.11 Å². The van der Waals surface area contributed by atoms with Gasteiger partial charge < -0.3 is 4.74 Å². The summed E-state index contributed by atoms with van der Waals surface area (Å²) in [5.41, 5.74) is 4.87. The fourth-order valence-electron chi connectivity index (χ4n) is 3.97. The molecule has 134 valence electrons. The van der Waals surface area contributed by atoms with Crippen LogP contribution < -0.4 is 4.74 Å². The molecule has 0 saturated carbocycles. The molecule has 0 aliphatic rings. The van der Waals surface area contributed by atoms with E-state index >= 15 is 0 Å². The van der Waals surface area contributed by atoms with Gasteiger partial charge in [0, 0.05) is 0 Å². The molecule has 28 heavy (non-hydrogen) atoms. The average Bonchev–Trinajstić information content (AvgIpc) is 2.78. The molecule has 5 aromatic carbocycles. The smallest absolute Gasteiger partial charge is 0.119 e. The van der Waals surface area contributed by atoms with E-state index in [0.29, 0.717) is 0 Å². The molecule has 0 amide bonds. The first-order valence-electron chi connectivity index (χ1n) is 9.49. The third-order valence-electron chi connectivity index (χ3n) is 5.35. The zero-order valence-corrected chi connectivity index (χ0v) is 15.7. The summed E-state index contributed by atoms with van der Waals surface area (Å²) in [6, 6.07) is 36.6. The van der Waals surface area contributed by atoms with Crippen molar-refractivity contribution in [3.05, 3.63) is 103 Å². The predicted molar refractivity (Wildman–Crippen MR) is 119 cm³/mol. The fourth-order valence-corrected chi connectivity index (χ4v) is 3.97. The highest BCUT2D eigenvalue weighted by atomic mass is 16.5. The number of fused-ring (bicyclic) bond motifs is 2. The summed E-state index contributed by atoms with van der Waals surface area (Å²) in [7, 11) is 1.71. The lowest BCUT2D eigenvalue weighted by Crippen LogP contribution is -1.88. The number of methoxy groups -OCH3 is 1. The number of rotatable bonds is 3. The topological polar surface area (TPSA) is 9.23 Å². The van der Waals surface area contributed by atoms with Crippen molar-refractivity contribution in [2.45, 2.75) is 0 Å². The summed E-state index contributed by atoms with van der Waals surface area (Å²) in [6.07, 6.45) is 0. The third kappa shape index (κ3) is 2.82. The van der Waals surface area contributed by atoms with Crippen molar-refractivity contribution in [1.29, 1.82) is 0 Å². The van der Waals surface area contributed by atoms with E-state index in [-0.39, 0.29) is 0 Å². The molecule has 0 bridgehead atoms. The van der Waals surface area contributed by atoms with Crippen molar-refractivity contribution >= 4 is 21.5 Å². The minimum absolute atomic E-state index is 0.873. The molecule has 0 heterocycles. The summed E-state index contributed by atoms with van der Waals surface area (Å²) in [4.78, 5) is 0. The summed E-state index contributed by atoms with van der Waals surface area (Å²) >= 11 is 0. The summed E-state index contributed by atoms with van der Waals surface area (Å²) in [5, 5.41) is 5.04. The van der Waals surface area contributed by atoms with Crippen LogP contribution in [0.3, 0.4) is 0 Å². The Labute approximate surface area is 164 Å². The molecule has 1 heteroatoms. The molecule has 0 aliphatic carbocycles. The normalized spacial score (nSPS) is 11.0. The van der Waals surface area contributed by atoms with Gasteiger partial charge in [0.05, 0.1) is 7.11 Å². The molecule has 0 radical (unpaired) electrons. The van der Waals surface area contributed by atoms with Gasteiger partial charge in [-0.1, -0.05) is 84.9 Å². The number of ether oxygens (including phenoxy) is 1. The zero-order valence-electron chi connectivity index (χ0n) is 15.7. The monoisotopic (exact) mass is 360 g/mol. The SMILES string of the molecule is COc1cccc(-c2cccc3cccc(-c4ccc5ccccc5c4)c23)c1. The van der Waals surface area contributed by atoms with Gasteiger partial charge in [-0.3, -0.25) is 0 Å². The van der Waals surface area contributed by atoms with Crippen LogP contribution in [0.15, 0.2) is 103 Å². The van der Waals surface area contributed by atoms with E-state index in [1.165, 1.54) is 38.2 Å². The Morgan fingerprint density at radius 1 is 0.500 bits per heavy atom. The van der Waals surface area contributed by atoms with Crippen molar-refractivity contribution in [3.8, 4) is 28.0 Å². The van der Waals surface area contributed by atoms with Crippen LogP contribution >= 0.6 is 0 Å². The predicted octanol–water partition coefficient (Wildman–Crippen LogP) is 7.34. The van der Waals surface area contributed by atoms with Gasteiger partial charge in [0.15, 0.2) is 0 Å². The molecule has 0 aromatic heterocycles. The van der Waals surface area contributed by atoms with E-state index in [2.05, 4.69) is 91.0 Å². The van der Waals surface area contributed by atoms with Gasteiger partial charge in [-0.15, -0.1) is 0 Å². The van der Waals surface area contributed by atoms with Crippen molar-refractivity contribution in [2.75, 3.05) is 7.11 Å². The lowest BCUT2D eigenvalue weighted by atomic mass is 9.91. The molecule has 5 aromatic rings. The molecular weight excluding hydrogens is 340 g/mol. The second-order valence-corrected chi connectivity index (χ2v) is 7.00. The second kappa shape index (κ2) is 6.86. The second-order valence-electron chi connectivity index (χ2n) is 7.00. The van der Waals surface area contributed by atoms with Gasteiger partial charge in [0.25, 0.3) is 0 Å². The molecule has 0 spiro atoms. The molecule has 1 nitrogen and oxygen atoms in total. The van der Waals surface area contributed by atoms with E-state index in [9.17, 15) is 0 Å². The highest BCUT2D eigenvalue weighted by Gasteiger charge is 2.11. The molecule has 0 unspecified atom stereocenters. The maximum absolute atomic E-state index is 5.45. The summed E-state index contributed by atoms with van der Waals surface area (Å²) < 4.78 is 5.45. The minimum Gasteiger partial charge on any atom is -0.497 e. The molecule has 5 rings (SSSR count). The number of hydrogen-bond acceptors (Lipinski definition) is 1. The first-order chi connectivity index (χ1) is 13.8. The first kappa shape index (κ1) is 16.6. The van der Waals surface area contributed by atoms with Crippen molar-refractivity contribution in [2.24, 2.45) is 0 Å². The summed E-state index contributed by atoms with van der Waals surface area (Å²) in [5.74, 6) is 0.873. The zero-order chi connectivity index (χ0) is 18.9. The van der Waals surface area contributed by atoms with Crippen LogP contribution in [0.4, 0.5) is 0 Å². The van der Waals surface area contributed by atoms with Crippen LogP contribution in [0.1, 0.15) is 0 Å². The minimum atomic E-state index is 0.873. The number of benzene rings is 5. The van der Waals surface area contributed by atoms with Crippen molar-refractivity contribution in [3.63, 3.8) is 0 Å². The molecule has 0 atom stereocenters. The Morgan fingerprint density at radius 2 is 1.14 bits per heavy atom. The number of hydrogen-bond donors (Lipinski definition) is 0.